The van der Waals surface area contributed by atoms with Crippen LogP contribution in [0.15, 0.2) is 18.2 Å². The number of hydrogen-bond donors (Lipinski definition) is 0. The third kappa shape index (κ3) is 1.78. The van der Waals surface area contributed by atoms with Crippen LogP contribution in [0.2, 0.25) is 0 Å². The zero-order chi connectivity index (χ0) is 9.14. The van der Waals surface area contributed by atoms with E-state index in [1.54, 1.807) is 14.1 Å². The predicted octanol–water partition coefficient (Wildman–Crippen LogP) is 0.923. The van der Waals surface area contributed by atoms with Gasteiger partial charge in [-0.05, 0) is 12.1 Å². The highest BCUT2D eigenvalue weighted by Crippen LogP contribution is 1.99. The Morgan fingerprint density at radius 3 is 2.67 bits per heavy atom. The van der Waals surface area contributed by atoms with Gasteiger partial charge in [0.2, 0.25) is 5.95 Å². The fourth-order valence-electron chi connectivity index (χ4n) is 0.756. The van der Waals surface area contributed by atoms with Crippen molar-refractivity contribution in [1.29, 1.82) is 0 Å². The van der Waals surface area contributed by atoms with E-state index < -0.39 is 5.95 Å². The molecule has 64 valence electrons. The van der Waals surface area contributed by atoms with E-state index in [9.17, 15) is 9.18 Å². The molecule has 0 aliphatic rings. The predicted molar refractivity (Wildman–Crippen MR) is 42.2 cm³/mol. The van der Waals surface area contributed by atoms with Crippen molar-refractivity contribution in [2.75, 3.05) is 14.1 Å². The van der Waals surface area contributed by atoms with E-state index in [1.807, 2.05) is 0 Å². The second-order valence-corrected chi connectivity index (χ2v) is 2.55. The minimum atomic E-state index is -0.636. The summed E-state index contributed by atoms with van der Waals surface area (Å²) < 4.78 is 12.5. The normalized spacial score (nSPS) is 9.58. The molecule has 1 amide bonds. The molecule has 0 aliphatic heterocycles. The lowest BCUT2D eigenvalue weighted by Gasteiger charge is -2.08. The molecule has 0 N–H and O–H groups in total. The minimum Gasteiger partial charge on any atom is -0.343 e. The summed E-state index contributed by atoms with van der Waals surface area (Å²) in [7, 11) is 3.18. The number of nitrogens with zero attached hydrogens (tertiary/aromatic N) is 2. The van der Waals surface area contributed by atoms with Crippen LogP contribution in [0.5, 0.6) is 0 Å². The number of hydrogen-bond acceptors (Lipinski definition) is 2. The van der Waals surface area contributed by atoms with Crippen molar-refractivity contribution in [1.82, 2.24) is 9.88 Å². The van der Waals surface area contributed by atoms with Crippen molar-refractivity contribution in [3.63, 3.8) is 0 Å². The fourth-order valence-corrected chi connectivity index (χ4v) is 0.756. The molecule has 0 fully saturated rings. The number of amides is 1. The summed E-state index contributed by atoms with van der Waals surface area (Å²) in [6.07, 6.45) is 0. The van der Waals surface area contributed by atoms with Gasteiger partial charge >= 0.3 is 0 Å². The lowest BCUT2D eigenvalue weighted by molar-refractivity contribution is 0.0820. The number of halogens is 1. The van der Waals surface area contributed by atoms with E-state index in [-0.39, 0.29) is 11.6 Å². The van der Waals surface area contributed by atoms with Crippen molar-refractivity contribution in [2.24, 2.45) is 0 Å². The summed E-state index contributed by atoms with van der Waals surface area (Å²) in [5, 5.41) is 0. The maximum atomic E-state index is 12.5. The SMILES string of the molecule is CN(C)C(=O)c1cccc(F)n1. The fraction of sp³-hybridized carbons (Fsp3) is 0.250. The Bertz CT molecular complexity index is 299. The molecule has 0 radical (unpaired) electrons. The molecule has 0 bridgehead atoms. The summed E-state index contributed by atoms with van der Waals surface area (Å²) >= 11 is 0. The van der Waals surface area contributed by atoms with Crippen LogP contribution < -0.4 is 0 Å². The summed E-state index contributed by atoms with van der Waals surface area (Å²) in [5.74, 6) is -0.933. The molecule has 12 heavy (non-hydrogen) atoms. The molecular weight excluding hydrogens is 159 g/mol. The zero-order valence-electron chi connectivity index (χ0n) is 6.91. The minimum absolute atomic E-state index is 0.125. The second-order valence-electron chi connectivity index (χ2n) is 2.55. The maximum absolute atomic E-state index is 12.5. The Morgan fingerprint density at radius 1 is 1.50 bits per heavy atom. The largest absolute Gasteiger partial charge is 0.343 e. The first-order chi connectivity index (χ1) is 5.61. The van der Waals surface area contributed by atoms with Gasteiger partial charge in [0.05, 0.1) is 0 Å². The first-order valence-electron chi connectivity index (χ1n) is 3.45. The maximum Gasteiger partial charge on any atom is 0.272 e. The molecule has 0 aliphatic carbocycles. The summed E-state index contributed by atoms with van der Waals surface area (Å²) in [4.78, 5) is 16.0. The topological polar surface area (TPSA) is 33.2 Å². The van der Waals surface area contributed by atoms with Crippen molar-refractivity contribution < 1.29 is 9.18 Å². The highest BCUT2D eigenvalue weighted by molar-refractivity contribution is 5.91. The molecule has 1 aromatic rings. The summed E-state index contributed by atoms with van der Waals surface area (Å²) in [6.45, 7) is 0. The molecule has 0 saturated heterocycles. The Labute approximate surface area is 69.8 Å². The van der Waals surface area contributed by atoms with Crippen LogP contribution in [0.3, 0.4) is 0 Å². The third-order valence-electron chi connectivity index (χ3n) is 1.34. The van der Waals surface area contributed by atoms with Gasteiger partial charge in [0.1, 0.15) is 5.69 Å². The lowest BCUT2D eigenvalue weighted by Crippen LogP contribution is -2.22. The van der Waals surface area contributed by atoms with E-state index in [0.717, 1.165) is 0 Å². The van der Waals surface area contributed by atoms with Crippen LogP contribution in [0.1, 0.15) is 10.5 Å². The molecule has 0 spiro atoms. The van der Waals surface area contributed by atoms with Crippen LogP contribution in [-0.2, 0) is 0 Å². The molecular formula is C8H9FN2O. The van der Waals surface area contributed by atoms with Gasteiger partial charge in [-0.3, -0.25) is 4.79 Å². The Morgan fingerprint density at radius 2 is 2.17 bits per heavy atom. The zero-order valence-corrected chi connectivity index (χ0v) is 6.91. The van der Waals surface area contributed by atoms with Crippen LogP contribution in [0, 0.1) is 5.95 Å². The van der Waals surface area contributed by atoms with Crippen LogP contribution >= 0.6 is 0 Å². The van der Waals surface area contributed by atoms with Gasteiger partial charge in [-0.2, -0.15) is 4.39 Å². The Kier molecular flexibility index (Phi) is 2.38. The van der Waals surface area contributed by atoms with Gasteiger partial charge in [-0.15, -0.1) is 0 Å². The van der Waals surface area contributed by atoms with Gasteiger partial charge in [-0.1, -0.05) is 6.07 Å². The average molecular weight is 168 g/mol. The van der Waals surface area contributed by atoms with Gasteiger partial charge in [0.15, 0.2) is 0 Å². The molecule has 0 saturated carbocycles. The molecule has 3 nitrogen and oxygen atoms in total. The van der Waals surface area contributed by atoms with Crippen molar-refractivity contribution in [2.45, 2.75) is 0 Å². The van der Waals surface area contributed by atoms with Gasteiger partial charge in [0, 0.05) is 14.1 Å². The van der Waals surface area contributed by atoms with Crippen molar-refractivity contribution >= 4 is 5.91 Å². The number of rotatable bonds is 1. The molecule has 0 atom stereocenters. The van der Waals surface area contributed by atoms with E-state index in [4.69, 9.17) is 0 Å². The second kappa shape index (κ2) is 3.30. The number of carbonyl (C=O) groups excluding carboxylic acids is 1. The van der Waals surface area contributed by atoms with Gasteiger partial charge in [-0.25, -0.2) is 4.98 Å². The summed E-state index contributed by atoms with van der Waals surface area (Å²) in [5.41, 5.74) is 0.125. The van der Waals surface area contributed by atoms with Gasteiger partial charge < -0.3 is 4.90 Å². The molecule has 1 heterocycles. The molecule has 4 heteroatoms. The van der Waals surface area contributed by atoms with Crippen molar-refractivity contribution in [3.05, 3.63) is 29.8 Å². The molecule has 0 aromatic carbocycles. The monoisotopic (exact) mass is 168 g/mol. The number of aromatic nitrogens is 1. The van der Waals surface area contributed by atoms with E-state index in [1.165, 1.54) is 23.1 Å². The van der Waals surface area contributed by atoms with Crippen molar-refractivity contribution in [3.8, 4) is 0 Å². The Balaban J connectivity index is 2.96. The lowest BCUT2D eigenvalue weighted by atomic mass is 10.3. The quantitative estimate of drug-likeness (QED) is 0.584. The van der Waals surface area contributed by atoms with E-state index in [0.29, 0.717) is 0 Å². The standard InChI is InChI=1S/C8H9FN2O/c1-11(2)8(12)6-4-3-5-7(9)10-6/h3-5H,1-2H3. The first-order valence-corrected chi connectivity index (χ1v) is 3.45. The molecule has 0 unspecified atom stereocenters. The van der Waals surface area contributed by atoms with Crippen LogP contribution in [-0.4, -0.2) is 29.9 Å². The number of carbonyl (C=O) groups is 1. The van der Waals surface area contributed by atoms with Crippen LogP contribution in [0.4, 0.5) is 4.39 Å². The summed E-state index contributed by atoms with van der Waals surface area (Å²) in [6, 6.07) is 4.14. The van der Waals surface area contributed by atoms with Gasteiger partial charge in [0.25, 0.3) is 5.91 Å². The van der Waals surface area contributed by atoms with Crippen LogP contribution in [0.25, 0.3) is 0 Å². The molecule has 1 aromatic heterocycles. The van der Waals surface area contributed by atoms with E-state index >= 15 is 0 Å². The first kappa shape index (κ1) is 8.64. The molecule has 1 rings (SSSR count). The Hall–Kier alpha value is -1.45. The highest BCUT2D eigenvalue weighted by Gasteiger charge is 2.09. The highest BCUT2D eigenvalue weighted by atomic mass is 19.1. The van der Waals surface area contributed by atoms with E-state index in [2.05, 4.69) is 4.98 Å². The smallest absolute Gasteiger partial charge is 0.272 e. The number of pyridine rings is 1. The average Bonchev–Trinajstić information content (AvgIpc) is 2.03. The third-order valence-corrected chi connectivity index (χ3v) is 1.34.